The molecular formula is C9H9NO2. The summed E-state index contributed by atoms with van der Waals surface area (Å²) in [6.45, 7) is 1.21. The highest BCUT2D eigenvalue weighted by molar-refractivity contribution is 5.55. The fraction of sp³-hybridized carbons (Fsp3) is 0.222. The molecule has 0 aromatic heterocycles. The van der Waals surface area contributed by atoms with Crippen LogP contribution in [-0.4, -0.2) is 13.2 Å². The molecule has 0 atom stereocenters. The van der Waals surface area contributed by atoms with Crippen molar-refractivity contribution in [3.63, 3.8) is 0 Å². The average Bonchev–Trinajstić information content (AvgIpc) is 2.17. The Kier molecular flexibility index (Phi) is 1.78. The zero-order chi connectivity index (χ0) is 8.39. The van der Waals surface area contributed by atoms with Crippen molar-refractivity contribution in [2.24, 2.45) is 0 Å². The number of nitrogens with one attached hydrogen (secondary N) is 1. The number of ether oxygens (including phenoxy) is 2. The molecule has 3 heteroatoms. The Morgan fingerprint density at radius 2 is 1.92 bits per heavy atom. The third-order valence-electron chi connectivity index (χ3n) is 1.71. The predicted molar refractivity (Wildman–Crippen MR) is 45.4 cm³/mol. The molecule has 1 heterocycles. The van der Waals surface area contributed by atoms with Gasteiger partial charge in [-0.2, -0.15) is 0 Å². The van der Waals surface area contributed by atoms with Crippen molar-refractivity contribution in [2.75, 3.05) is 18.5 Å². The van der Waals surface area contributed by atoms with Crippen LogP contribution in [0.15, 0.2) is 18.2 Å². The van der Waals surface area contributed by atoms with Gasteiger partial charge in [0.05, 0.1) is 7.05 Å². The van der Waals surface area contributed by atoms with Crippen molar-refractivity contribution in [1.82, 2.24) is 0 Å². The summed E-state index contributed by atoms with van der Waals surface area (Å²) in [5.74, 6) is 1.52. The molecule has 3 nitrogen and oxygen atoms in total. The molecule has 0 saturated heterocycles. The lowest BCUT2D eigenvalue weighted by Crippen LogP contribution is -2.15. The van der Waals surface area contributed by atoms with Crippen molar-refractivity contribution in [3.05, 3.63) is 25.2 Å². The predicted octanol–water partition coefficient (Wildman–Crippen LogP) is 1.54. The zero-order valence-corrected chi connectivity index (χ0v) is 6.54. The number of rotatable bonds is 1. The van der Waals surface area contributed by atoms with E-state index in [1.807, 2.05) is 18.2 Å². The SMILES string of the molecule is [CH]Nc1ccc2c(c1)OCCO2. The van der Waals surface area contributed by atoms with Crippen molar-refractivity contribution < 1.29 is 9.47 Å². The largest absolute Gasteiger partial charge is 0.486 e. The molecule has 2 rings (SSSR count). The first-order chi connectivity index (χ1) is 5.90. The third kappa shape index (κ3) is 1.18. The van der Waals surface area contributed by atoms with Gasteiger partial charge < -0.3 is 14.8 Å². The van der Waals surface area contributed by atoms with Crippen molar-refractivity contribution in [2.45, 2.75) is 0 Å². The monoisotopic (exact) mass is 163 g/mol. The number of benzene rings is 1. The van der Waals surface area contributed by atoms with Crippen LogP contribution in [0.1, 0.15) is 0 Å². The molecule has 1 N–H and O–H groups in total. The Morgan fingerprint density at radius 1 is 1.17 bits per heavy atom. The lowest BCUT2D eigenvalue weighted by Gasteiger charge is -2.18. The highest BCUT2D eigenvalue weighted by Crippen LogP contribution is 2.32. The minimum atomic E-state index is 0.598. The molecule has 0 amide bonds. The molecule has 0 spiro atoms. The molecule has 0 fully saturated rings. The first kappa shape index (κ1) is 7.28. The highest BCUT2D eigenvalue weighted by Gasteiger charge is 2.10. The van der Waals surface area contributed by atoms with E-state index >= 15 is 0 Å². The molecule has 0 unspecified atom stereocenters. The number of fused-ring (bicyclic) bond motifs is 1. The fourth-order valence-corrected chi connectivity index (χ4v) is 1.13. The van der Waals surface area contributed by atoms with Gasteiger partial charge in [-0.1, -0.05) is 0 Å². The van der Waals surface area contributed by atoms with E-state index in [-0.39, 0.29) is 0 Å². The van der Waals surface area contributed by atoms with Gasteiger partial charge in [0.15, 0.2) is 11.5 Å². The summed E-state index contributed by atoms with van der Waals surface area (Å²) in [5.41, 5.74) is 0.819. The van der Waals surface area contributed by atoms with E-state index in [2.05, 4.69) is 5.32 Å². The van der Waals surface area contributed by atoms with Crippen LogP contribution in [0.3, 0.4) is 0 Å². The van der Waals surface area contributed by atoms with Crippen molar-refractivity contribution >= 4 is 5.69 Å². The molecule has 0 saturated carbocycles. The van der Waals surface area contributed by atoms with Gasteiger partial charge in [-0.25, -0.2) is 0 Å². The van der Waals surface area contributed by atoms with Crippen molar-refractivity contribution in [3.8, 4) is 11.5 Å². The zero-order valence-electron chi connectivity index (χ0n) is 6.54. The second-order valence-corrected chi connectivity index (χ2v) is 2.50. The van der Waals surface area contributed by atoms with E-state index in [0.717, 1.165) is 17.2 Å². The van der Waals surface area contributed by atoms with Gasteiger partial charge >= 0.3 is 0 Å². The summed E-state index contributed by atoms with van der Waals surface area (Å²) in [6, 6.07) is 5.49. The minimum Gasteiger partial charge on any atom is -0.486 e. The summed E-state index contributed by atoms with van der Waals surface area (Å²) in [7, 11) is 5.24. The Labute approximate surface area is 71.3 Å². The minimum absolute atomic E-state index is 0.598. The van der Waals surface area contributed by atoms with E-state index in [4.69, 9.17) is 16.5 Å². The van der Waals surface area contributed by atoms with Crippen LogP contribution >= 0.6 is 0 Å². The molecule has 1 aromatic rings. The number of anilines is 1. The van der Waals surface area contributed by atoms with Crippen LogP contribution in [0.4, 0.5) is 5.69 Å². The standard InChI is InChI=1S/C9H9NO2/c1-10-7-2-3-8-9(6-7)12-5-4-11-8/h1-3,6,10H,4-5H2. The molecule has 1 aliphatic rings. The van der Waals surface area contributed by atoms with E-state index in [9.17, 15) is 0 Å². The molecule has 12 heavy (non-hydrogen) atoms. The molecular weight excluding hydrogens is 154 g/mol. The maximum Gasteiger partial charge on any atom is 0.163 e. The lowest BCUT2D eigenvalue weighted by atomic mass is 10.2. The lowest BCUT2D eigenvalue weighted by molar-refractivity contribution is 0.171. The first-order valence-electron chi connectivity index (χ1n) is 3.76. The van der Waals surface area contributed by atoms with Gasteiger partial charge in [-0.15, -0.1) is 0 Å². The van der Waals surface area contributed by atoms with Gasteiger partial charge in [0, 0.05) is 11.8 Å². The fourth-order valence-electron chi connectivity index (χ4n) is 1.13. The maximum absolute atomic E-state index is 5.35. The summed E-state index contributed by atoms with van der Waals surface area (Å²) < 4.78 is 10.7. The van der Waals surface area contributed by atoms with Crippen LogP contribution in [0.25, 0.3) is 0 Å². The van der Waals surface area contributed by atoms with Gasteiger partial charge in [0.25, 0.3) is 0 Å². The second-order valence-electron chi connectivity index (χ2n) is 2.50. The third-order valence-corrected chi connectivity index (χ3v) is 1.71. The Bertz CT molecular complexity index is 286. The molecule has 2 radical (unpaired) electrons. The Hall–Kier alpha value is -1.38. The number of hydrogen-bond donors (Lipinski definition) is 1. The van der Waals surface area contributed by atoms with Crippen LogP contribution in [-0.2, 0) is 0 Å². The average molecular weight is 163 g/mol. The van der Waals surface area contributed by atoms with Gasteiger partial charge in [0.2, 0.25) is 0 Å². The van der Waals surface area contributed by atoms with E-state index in [0.29, 0.717) is 13.2 Å². The highest BCUT2D eigenvalue weighted by atomic mass is 16.6. The summed E-state index contributed by atoms with van der Waals surface area (Å²) in [6.07, 6.45) is 0. The molecule has 1 aromatic carbocycles. The molecule has 1 aliphatic heterocycles. The van der Waals surface area contributed by atoms with Crippen LogP contribution in [0.2, 0.25) is 0 Å². The summed E-state index contributed by atoms with van der Waals surface area (Å²) in [5, 5.41) is 2.54. The Morgan fingerprint density at radius 3 is 2.67 bits per heavy atom. The summed E-state index contributed by atoms with van der Waals surface area (Å²) >= 11 is 0. The van der Waals surface area contributed by atoms with E-state index in [1.54, 1.807) is 0 Å². The van der Waals surface area contributed by atoms with Crippen LogP contribution in [0, 0.1) is 7.05 Å². The molecule has 62 valence electrons. The van der Waals surface area contributed by atoms with E-state index in [1.165, 1.54) is 0 Å². The van der Waals surface area contributed by atoms with E-state index < -0.39 is 0 Å². The summed E-state index contributed by atoms with van der Waals surface area (Å²) in [4.78, 5) is 0. The second kappa shape index (κ2) is 2.93. The number of hydrogen-bond acceptors (Lipinski definition) is 3. The Balaban J connectivity index is 2.36. The van der Waals surface area contributed by atoms with Gasteiger partial charge in [-0.05, 0) is 12.1 Å². The van der Waals surface area contributed by atoms with Crippen molar-refractivity contribution in [1.29, 1.82) is 0 Å². The molecule has 0 aliphatic carbocycles. The topological polar surface area (TPSA) is 30.5 Å². The smallest absolute Gasteiger partial charge is 0.163 e. The maximum atomic E-state index is 5.35. The van der Waals surface area contributed by atoms with Crippen LogP contribution < -0.4 is 14.8 Å². The first-order valence-corrected chi connectivity index (χ1v) is 3.76. The van der Waals surface area contributed by atoms with Crippen LogP contribution in [0.5, 0.6) is 11.5 Å². The van der Waals surface area contributed by atoms with Gasteiger partial charge in [0.1, 0.15) is 13.2 Å². The quantitative estimate of drug-likeness (QED) is 0.637. The van der Waals surface area contributed by atoms with Gasteiger partial charge in [-0.3, -0.25) is 0 Å². The molecule has 0 bridgehead atoms. The normalized spacial score (nSPS) is 14.1.